The second kappa shape index (κ2) is 5.18. The Morgan fingerprint density at radius 3 is 2.76 bits per heavy atom. The van der Waals surface area contributed by atoms with Gasteiger partial charge in [0.2, 0.25) is 0 Å². The van der Waals surface area contributed by atoms with Crippen molar-refractivity contribution in [3.05, 3.63) is 41.5 Å². The fourth-order valence-electron chi connectivity index (χ4n) is 2.72. The number of benzene rings is 1. The van der Waals surface area contributed by atoms with Gasteiger partial charge in [-0.25, -0.2) is 9.07 Å². The van der Waals surface area contributed by atoms with E-state index in [-0.39, 0.29) is 5.82 Å². The molecule has 0 amide bonds. The lowest BCUT2D eigenvalue weighted by molar-refractivity contribution is 0.234. The monoisotopic (exact) mass is 287 g/mol. The van der Waals surface area contributed by atoms with Gasteiger partial charge in [0.15, 0.2) is 5.82 Å². The highest BCUT2D eigenvalue weighted by atomic mass is 19.1. The van der Waals surface area contributed by atoms with Crippen molar-refractivity contribution in [1.29, 1.82) is 0 Å². The molecule has 21 heavy (non-hydrogen) atoms. The van der Waals surface area contributed by atoms with Crippen LogP contribution in [0.4, 0.5) is 4.39 Å². The number of hydrogen-bond acceptors (Lipinski definition) is 4. The molecule has 2 aliphatic carbocycles. The minimum atomic E-state index is -0.175. The fraction of sp³-hybridized carbons (Fsp3) is 0.533. The Morgan fingerprint density at radius 2 is 2.05 bits per heavy atom. The maximum absolute atomic E-state index is 13.3. The summed E-state index contributed by atoms with van der Waals surface area (Å²) >= 11 is 0. The van der Waals surface area contributed by atoms with Gasteiger partial charge in [-0.1, -0.05) is 12.1 Å². The Morgan fingerprint density at radius 1 is 1.19 bits per heavy atom. The summed E-state index contributed by atoms with van der Waals surface area (Å²) < 4.78 is 15.3. The highest BCUT2D eigenvalue weighted by Gasteiger charge is 2.32. The van der Waals surface area contributed by atoms with Crippen LogP contribution in [0, 0.1) is 5.82 Å². The van der Waals surface area contributed by atoms with Gasteiger partial charge in [0.25, 0.3) is 0 Å². The maximum atomic E-state index is 13.3. The average molecular weight is 287 g/mol. The smallest absolute Gasteiger partial charge is 0.165 e. The maximum Gasteiger partial charge on any atom is 0.165 e. The molecule has 5 nitrogen and oxygen atoms in total. The Balaban J connectivity index is 1.50. The molecular formula is C15H18FN5. The Kier molecular flexibility index (Phi) is 3.18. The summed E-state index contributed by atoms with van der Waals surface area (Å²) in [4.78, 5) is 2.36. The predicted molar refractivity (Wildman–Crippen MR) is 74.8 cm³/mol. The molecule has 2 aliphatic rings. The van der Waals surface area contributed by atoms with Crippen LogP contribution in [-0.2, 0) is 13.1 Å². The Hall–Kier alpha value is -1.82. The minimum absolute atomic E-state index is 0.175. The molecule has 0 saturated heterocycles. The van der Waals surface area contributed by atoms with Gasteiger partial charge in [0.1, 0.15) is 5.82 Å². The van der Waals surface area contributed by atoms with Crippen molar-refractivity contribution in [2.45, 2.75) is 50.9 Å². The lowest BCUT2D eigenvalue weighted by atomic mass is 10.2. The first-order valence-electron chi connectivity index (χ1n) is 7.55. The largest absolute Gasteiger partial charge is 0.289 e. The molecule has 2 fully saturated rings. The van der Waals surface area contributed by atoms with E-state index in [0.717, 1.165) is 24.5 Å². The van der Waals surface area contributed by atoms with E-state index in [9.17, 15) is 4.39 Å². The van der Waals surface area contributed by atoms with Crippen molar-refractivity contribution in [3.63, 3.8) is 0 Å². The summed E-state index contributed by atoms with van der Waals surface area (Å²) in [6, 6.07) is 7.91. The van der Waals surface area contributed by atoms with Gasteiger partial charge in [-0.2, -0.15) is 0 Å². The van der Waals surface area contributed by atoms with E-state index in [1.807, 2.05) is 10.7 Å². The summed E-state index contributed by atoms with van der Waals surface area (Å²) in [5, 5.41) is 12.1. The fourth-order valence-corrected chi connectivity index (χ4v) is 2.72. The second-order valence-electron chi connectivity index (χ2n) is 6.04. The van der Waals surface area contributed by atoms with Gasteiger partial charge in [-0.05, 0) is 53.8 Å². The normalized spacial score (nSPS) is 18.4. The summed E-state index contributed by atoms with van der Waals surface area (Å²) in [5.41, 5.74) is 1.01. The molecule has 4 rings (SSSR count). The lowest BCUT2D eigenvalue weighted by Crippen LogP contribution is -2.27. The van der Waals surface area contributed by atoms with E-state index in [0.29, 0.717) is 12.1 Å². The highest BCUT2D eigenvalue weighted by Crippen LogP contribution is 2.35. The molecule has 1 aromatic heterocycles. The van der Waals surface area contributed by atoms with E-state index in [4.69, 9.17) is 0 Å². The summed E-state index contributed by atoms with van der Waals surface area (Å²) in [6.45, 7) is 1.49. The van der Waals surface area contributed by atoms with E-state index in [1.165, 1.54) is 31.7 Å². The third kappa shape index (κ3) is 2.95. The van der Waals surface area contributed by atoms with Crippen LogP contribution in [-0.4, -0.2) is 31.1 Å². The third-order valence-corrected chi connectivity index (χ3v) is 4.14. The number of halogens is 1. The van der Waals surface area contributed by atoms with Crippen molar-refractivity contribution >= 4 is 0 Å². The quantitative estimate of drug-likeness (QED) is 0.818. The minimum Gasteiger partial charge on any atom is -0.289 e. The van der Waals surface area contributed by atoms with Crippen LogP contribution in [0.25, 0.3) is 0 Å². The van der Waals surface area contributed by atoms with Crippen molar-refractivity contribution in [2.24, 2.45) is 0 Å². The van der Waals surface area contributed by atoms with Gasteiger partial charge >= 0.3 is 0 Å². The van der Waals surface area contributed by atoms with Crippen LogP contribution in [0.5, 0.6) is 0 Å². The molecule has 0 bridgehead atoms. The van der Waals surface area contributed by atoms with Crippen LogP contribution >= 0.6 is 0 Å². The molecule has 0 aliphatic heterocycles. The number of aromatic nitrogens is 4. The molecule has 1 heterocycles. The molecular weight excluding hydrogens is 269 g/mol. The van der Waals surface area contributed by atoms with E-state index in [1.54, 1.807) is 12.1 Å². The summed E-state index contributed by atoms with van der Waals surface area (Å²) in [5.74, 6) is 0.756. The van der Waals surface area contributed by atoms with E-state index in [2.05, 4.69) is 20.4 Å². The van der Waals surface area contributed by atoms with Crippen molar-refractivity contribution in [1.82, 2.24) is 25.1 Å². The first kappa shape index (κ1) is 12.9. The van der Waals surface area contributed by atoms with Gasteiger partial charge in [0, 0.05) is 12.6 Å². The summed E-state index contributed by atoms with van der Waals surface area (Å²) in [7, 11) is 0. The number of nitrogens with zero attached hydrogens (tertiary/aromatic N) is 5. The molecule has 0 atom stereocenters. The molecule has 2 aromatic rings. The number of rotatable bonds is 6. The van der Waals surface area contributed by atoms with Crippen LogP contribution in [0.2, 0.25) is 0 Å². The molecule has 1 aromatic carbocycles. The summed E-state index contributed by atoms with van der Waals surface area (Å²) in [6.07, 6.45) is 4.76. The predicted octanol–water partition coefficient (Wildman–Crippen LogP) is 2.31. The zero-order valence-electron chi connectivity index (χ0n) is 11.8. The molecule has 2 saturated carbocycles. The molecule has 0 spiro atoms. The van der Waals surface area contributed by atoms with Crippen LogP contribution < -0.4 is 0 Å². The van der Waals surface area contributed by atoms with Crippen molar-refractivity contribution in [3.8, 4) is 0 Å². The Bertz CT molecular complexity index is 632. The highest BCUT2D eigenvalue weighted by molar-refractivity contribution is 5.16. The third-order valence-electron chi connectivity index (χ3n) is 4.14. The van der Waals surface area contributed by atoms with E-state index < -0.39 is 0 Å². The van der Waals surface area contributed by atoms with Gasteiger partial charge in [-0.15, -0.1) is 5.10 Å². The first-order valence-corrected chi connectivity index (χ1v) is 7.55. The first-order chi connectivity index (χ1) is 10.3. The van der Waals surface area contributed by atoms with Crippen molar-refractivity contribution in [2.75, 3.05) is 0 Å². The van der Waals surface area contributed by atoms with Crippen LogP contribution in [0.15, 0.2) is 24.3 Å². The van der Waals surface area contributed by atoms with Crippen LogP contribution in [0.3, 0.4) is 0 Å². The van der Waals surface area contributed by atoms with E-state index >= 15 is 0 Å². The average Bonchev–Trinajstić information content (AvgIpc) is 3.38. The van der Waals surface area contributed by atoms with Gasteiger partial charge < -0.3 is 0 Å². The molecule has 0 radical (unpaired) electrons. The standard InChI is InChI=1S/C15H18FN5/c16-12-3-1-2-11(8-12)9-20(13-4-5-13)10-15-17-18-19-21(15)14-6-7-14/h1-3,8,13-14H,4-7,9-10H2. The molecule has 6 heteroatoms. The molecule has 110 valence electrons. The molecule has 0 unspecified atom stereocenters. The van der Waals surface area contributed by atoms with Crippen LogP contribution in [0.1, 0.15) is 43.1 Å². The van der Waals surface area contributed by atoms with Crippen molar-refractivity contribution < 1.29 is 4.39 Å². The topological polar surface area (TPSA) is 46.8 Å². The number of hydrogen-bond donors (Lipinski definition) is 0. The van der Waals surface area contributed by atoms with Gasteiger partial charge in [0.05, 0.1) is 12.6 Å². The SMILES string of the molecule is Fc1cccc(CN(Cc2nnnn2C2CC2)C2CC2)c1. The van der Waals surface area contributed by atoms with Gasteiger partial charge in [-0.3, -0.25) is 4.90 Å². The number of tetrazole rings is 1. The zero-order chi connectivity index (χ0) is 14.2. The zero-order valence-corrected chi connectivity index (χ0v) is 11.8. The Labute approximate surface area is 122 Å². The molecule has 0 N–H and O–H groups in total. The second-order valence-corrected chi connectivity index (χ2v) is 6.04. The lowest BCUT2D eigenvalue weighted by Gasteiger charge is -2.21.